The number of aryl methyl sites for hydroxylation is 1. The Bertz CT molecular complexity index is 1470. The van der Waals surface area contributed by atoms with E-state index in [1.54, 1.807) is 31.8 Å². The number of amides is 1. The molecule has 3 aromatic heterocycles. The molecule has 36 heavy (non-hydrogen) atoms. The number of aromatic nitrogens is 2. The molecule has 5 rings (SSSR count). The zero-order valence-electron chi connectivity index (χ0n) is 20.4. The Hall–Kier alpha value is -4.04. The molecule has 184 valence electrons. The maximum Gasteiger partial charge on any atom is 0.254 e. The van der Waals surface area contributed by atoms with Gasteiger partial charge in [0.25, 0.3) is 5.91 Å². The van der Waals surface area contributed by atoms with E-state index in [4.69, 9.17) is 18.9 Å². The van der Waals surface area contributed by atoms with Crippen molar-refractivity contribution in [3.05, 3.63) is 95.0 Å². The first-order chi connectivity index (χ1) is 17.6. The molecule has 0 unspecified atom stereocenters. The molecule has 0 spiro atoms. The number of imidazole rings is 1. The molecule has 1 amide bonds. The fourth-order valence-electron chi connectivity index (χ4n) is 4.12. The third kappa shape index (κ3) is 4.85. The zero-order chi connectivity index (χ0) is 25.1. The number of hydrogen-bond donors (Lipinski definition) is 0. The lowest BCUT2D eigenvalue weighted by molar-refractivity contribution is 0.0733. The molecule has 0 saturated carbocycles. The largest absolute Gasteiger partial charge is 0.497 e. The molecule has 0 aliphatic heterocycles. The monoisotopic (exact) mass is 501 g/mol. The SMILES string of the molecule is COc1ccc(OC)c(-c2cn3c(CCN(Cc4ccco4)C(=O)c4ccc(C)cc4)csc3n2)c1. The van der Waals surface area contributed by atoms with Crippen molar-refractivity contribution >= 4 is 22.2 Å². The van der Waals surface area contributed by atoms with Crippen LogP contribution in [0.4, 0.5) is 0 Å². The highest BCUT2D eigenvalue weighted by molar-refractivity contribution is 7.15. The maximum absolute atomic E-state index is 13.4. The molecule has 3 heterocycles. The summed E-state index contributed by atoms with van der Waals surface area (Å²) >= 11 is 1.57. The number of carbonyl (C=O) groups is 1. The lowest BCUT2D eigenvalue weighted by Crippen LogP contribution is -2.32. The Morgan fingerprint density at radius 1 is 1.11 bits per heavy atom. The molecule has 0 aliphatic carbocycles. The van der Waals surface area contributed by atoms with Gasteiger partial charge >= 0.3 is 0 Å². The molecule has 2 aromatic carbocycles. The van der Waals surface area contributed by atoms with Crippen LogP contribution in [0, 0.1) is 6.92 Å². The molecule has 0 aliphatic rings. The summed E-state index contributed by atoms with van der Waals surface area (Å²) in [6.45, 7) is 2.95. The Morgan fingerprint density at radius 2 is 1.94 bits per heavy atom. The first kappa shape index (κ1) is 23.7. The number of carbonyl (C=O) groups excluding carboxylic acids is 1. The summed E-state index contributed by atoms with van der Waals surface area (Å²) in [5.74, 6) is 2.20. The highest BCUT2D eigenvalue weighted by Gasteiger charge is 2.19. The Kier molecular flexibility index (Phi) is 6.77. The van der Waals surface area contributed by atoms with Crippen molar-refractivity contribution in [3.8, 4) is 22.8 Å². The number of nitrogens with zero attached hydrogens (tertiary/aromatic N) is 3. The van der Waals surface area contributed by atoms with Crippen LogP contribution in [0.15, 0.2) is 76.9 Å². The highest BCUT2D eigenvalue weighted by Crippen LogP contribution is 2.34. The summed E-state index contributed by atoms with van der Waals surface area (Å²) < 4.78 is 18.6. The summed E-state index contributed by atoms with van der Waals surface area (Å²) in [4.78, 5) is 20.9. The predicted octanol–water partition coefficient (Wildman–Crippen LogP) is 5.87. The van der Waals surface area contributed by atoms with Crippen molar-refractivity contribution in [1.29, 1.82) is 0 Å². The van der Waals surface area contributed by atoms with E-state index in [0.717, 1.165) is 44.7 Å². The standard InChI is InChI=1S/C28H27N3O4S/c1-19-6-8-20(9-7-19)27(32)30(16-23-5-4-14-35-23)13-12-21-18-36-28-29-25(17-31(21)28)24-15-22(33-2)10-11-26(24)34-3/h4-11,14-15,17-18H,12-13,16H2,1-3H3. The van der Waals surface area contributed by atoms with E-state index in [2.05, 4.69) is 9.78 Å². The van der Waals surface area contributed by atoms with E-state index in [1.165, 1.54) is 0 Å². The maximum atomic E-state index is 13.4. The Balaban J connectivity index is 1.40. The average molecular weight is 502 g/mol. The van der Waals surface area contributed by atoms with Gasteiger partial charge in [0.2, 0.25) is 0 Å². The van der Waals surface area contributed by atoms with Crippen LogP contribution in [-0.4, -0.2) is 41.0 Å². The summed E-state index contributed by atoms with van der Waals surface area (Å²) in [5, 5.41) is 2.09. The van der Waals surface area contributed by atoms with Crippen LogP contribution in [0.3, 0.4) is 0 Å². The first-order valence-electron chi connectivity index (χ1n) is 11.6. The van der Waals surface area contributed by atoms with E-state index in [1.807, 2.05) is 72.6 Å². The van der Waals surface area contributed by atoms with Crippen molar-refractivity contribution < 1.29 is 18.7 Å². The molecular formula is C28H27N3O4S. The van der Waals surface area contributed by atoms with E-state index >= 15 is 0 Å². The van der Waals surface area contributed by atoms with Gasteiger partial charge in [0.1, 0.15) is 17.3 Å². The van der Waals surface area contributed by atoms with Crippen LogP contribution in [0.5, 0.6) is 11.5 Å². The number of hydrogen-bond acceptors (Lipinski definition) is 6. The molecule has 0 bridgehead atoms. The van der Waals surface area contributed by atoms with E-state index < -0.39 is 0 Å². The number of furan rings is 1. The highest BCUT2D eigenvalue weighted by atomic mass is 32.1. The number of fused-ring (bicyclic) bond motifs is 1. The van der Waals surface area contributed by atoms with Gasteiger partial charge < -0.3 is 18.8 Å². The fourth-order valence-corrected chi connectivity index (χ4v) is 5.03. The Labute approximate surface area is 213 Å². The number of rotatable bonds is 9. The quantitative estimate of drug-likeness (QED) is 0.253. The van der Waals surface area contributed by atoms with Gasteiger partial charge in [-0.3, -0.25) is 9.20 Å². The number of benzene rings is 2. The number of methoxy groups -OCH3 is 2. The average Bonchev–Trinajstić information content (AvgIpc) is 3.64. The van der Waals surface area contributed by atoms with E-state index in [-0.39, 0.29) is 5.91 Å². The van der Waals surface area contributed by atoms with Gasteiger partial charge in [0, 0.05) is 41.4 Å². The number of ether oxygens (including phenoxy) is 2. The minimum atomic E-state index is -0.0229. The molecule has 7 nitrogen and oxygen atoms in total. The molecule has 0 N–H and O–H groups in total. The lowest BCUT2D eigenvalue weighted by atomic mass is 10.1. The molecule has 0 radical (unpaired) electrons. The predicted molar refractivity (Wildman–Crippen MR) is 140 cm³/mol. The third-order valence-electron chi connectivity index (χ3n) is 6.12. The van der Waals surface area contributed by atoms with Crippen LogP contribution in [0.2, 0.25) is 0 Å². The van der Waals surface area contributed by atoms with Gasteiger partial charge in [-0.2, -0.15) is 0 Å². The van der Waals surface area contributed by atoms with Gasteiger partial charge in [0.15, 0.2) is 4.96 Å². The second-order valence-electron chi connectivity index (χ2n) is 8.49. The summed E-state index contributed by atoms with van der Waals surface area (Å²) in [6, 6.07) is 17.1. The summed E-state index contributed by atoms with van der Waals surface area (Å²) in [6.07, 6.45) is 4.31. The fraction of sp³-hybridized carbons (Fsp3) is 0.214. The smallest absolute Gasteiger partial charge is 0.254 e. The van der Waals surface area contributed by atoms with Crippen LogP contribution in [-0.2, 0) is 13.0 Å². The molecule has 0 fully saturated rings. The normalized spacial score (nSPS) is 11.1. The van der Waals surface area contributed by atoms with E-state index in [9.17, 15) is 4.79 Å². The van der Waals surface area contributed by atoms with Crippen molar-refractivity contribution in [1.82, 2.24) is 14.3 Å². The lowest BCUT2D eigenvalue weighted by Gasteiger charge is -2.22. The van der Waals surface area contributed by atoms with Crippen LogP contribution in [0.1, 0.15) is 27.4 Å². The topological polar surface area (TPSA) is 69.2 Å². The summed E-state index contributed by atoms with van der Waals surface area (Å²) in [5.41, 5.74) is 4.54. The second kappa shape index (κ2) is 10.3. The van der Waals surface area contributed by atoms with Gasteiger partial charge in [-0.15, -0.1) is 11.3 Å². The van der Waals surface area contributed by atoms with Gasteiger partial charge in [-0.05, 0) is 49.4 Å². The second-order valence-corrected chi connectivity index (χ2v) is 9.33. The first-order valence-corrected chi connectivity index (χ1v) is 12.5. The van der Waals surface area contributed by atoms with Crippen molar-refractivity contribution in [2.45, 2.75) is 19.9 Å². The molecular weight excluding hydrogens is 474 g/mol. The minimum absolute atomic E-state index is 0.0229. The number of thiazole rings is 1. The summed E-state index contributed by atoms with van der Waals surface area (Å²) in [7, 11) is 3.29. The van der Waals surface area contributed by atoms with Crippen LogP contribution >= 0.6 is 11.3 Å². The van der Waals surface area contributed by atoms with Crippen molar-refractivity contribution in [3.63, 3.8) is 0 Å². The zero-order valence-corrected chi connectivity index (χ0v) is 21.2. The van der Waals surface area contributed by atoms with Gasteiger partial charge in [-0.25, -0.2) is 4.98 Å². The van der Waals surface area contributed by atoms with Gasteiger partial charge in [-0.1, -0.05) is 17.7 Å². The van der Waals surface area contributed by atoms with E-state index in [0.29, 0.717) is 25.1 Å². The molecule has 0 atom stereocenters. The minimum Gasteiger partial charge on any atom is -0.497 e. The molecule has 8 heteroatoms. The molecule has 0 saturated heterocycles. The molecule has 5 aromatic rings. The van der Waals surface area contributed by atoms with Crippen LogP contribution in [0.25, 0.3) is 16.2 Å². The Morgan fingerprint density at radius 3 is 2.67 bits per heavy atom. The van der Waals surface area contributed by atoms with Crippen molar-refractivity contribution in [2.24, 2.45) is 0 Å². The third-order valence-corrected chi connectivity index (χ3v) is 7.01. The van der Waals surface area contributed by atoms with Gasteiger partial charge in [0.05, 0.1) is 32.7 Å². The van der Waals surface area contributed by atoms with Crippen molar-refractivity contribution in [2.75, 3.05) is 20.8 Å². The van der Waals surface area contributed by atoms with Crippen LogP contribution < -0.4 is 9.47 Å².